The van der Waals surface area contributed by atoms with Crippen LogP contribution < -0.4 is 4.74 Å². The summed E-state index contributed by atoms with van der Waals surface area (Å²) in [5, 5.41) is 0. The van der Waals surface area contributed by atoms with Crippen molar-refractivity contribution < 1.29 is 14.3 Å². The van der Waals surface area contributed by atoms with E-state index in [1.165, 1.54) is 0 Å². The molecule has 0 bridgehead atoms. The summed E-state index contributed by atoms with van der Waals surface area (Å²) in [6.07, 6.45) is 3.54. The molecule has 1 saturated heterocycles. The lowest BCUT2D eigenvalue weighted by molar-refractivity contribution is 0.0138. The van der Waals surface area contributed by atoms with E-state index in [1.54, 1.807) is 11.1 Å². The maximum Gasteiger partial charge on any atom is 0.410 e. The molecule has 0 radical (unpaired) electrons. The van der Waals surface area contributed by atoms with Crippen molar-refractivity contribution in [2.24, 2.45) is 5.92 Å². The number of pyridine rings is 1. The molecular weight excluding hydrogens is 280 g/mol. The molecule has 2 heterocycles. The van der Waals surface area contributed by atoms with Gasteiger partial charge in [-0.25, -0.2) is 9.78 Å². The van der Waals surface area contributed by atoms with Crippen LogP contribution in [0.1, 0.15) is 39.2 Å². The molecule has 1 aliphatic heterocycles. The van der Waals surface area contributed by atoms with Crippen LogP contribution in [0.3, 0.4) is 0 Å². The second kappa shape index (κ2) is 6.99. The fourth-order valence-electron chi connectivity index (χ4n) is 2.51. The molecule has 2 rings (SSSR count). The maximum absolute atomic E-state index is 12.1. The number of hydrogen-bond donors (Lipinski definition) is 0. The predicted octanol–water partition coefficient (Wildman–Crippen LogP) is 3.42. The van der Waals surface area contributed by atoms with Gasteiger partial charge in [-0.3, -0.25) is 0 Å². The van der Waals surface area contributed by atoms with Crippen molar-refractivity contribution in [3.8, 4) is 5.88 Å². The Morgan fingerprint density at radius 2 is 2.23 bits per heavy atom. The van der Waals surface area contributed by atoms with Gasteiger partial charge in [-0.05, 0) is 46.6 Å². The van der Waals surface area contributed by atoms with Gasteiger partial charge in [0.05, 0.1) is 6.61 Å². The van der Waals surface area contributed by atoms with Crippen molar-refractivity contribution >= 4 is 6.09 Å². The zero-order chi connectivity index (χ0) is 16.2. The average molecular weight is 306 g/mol. The summed E-state index contributed by atoms with van der Waals surface area (Å²) in [5.41, 5.74) is 0.577. The molecule has 1 fully saturated rings. The van der Waals surface area contributed by atoms with Gasteiger partial charge < -0.3 is 14.4 Å². The van der Waals surface area contributed by atoms with Crippen LogP contribution >= 0.6 is 0 Å². The van der Waals surface area contributed by atoms with E-state index in [0.717, 1.165) is 24.9 Å². The van der Waals surface area contributed by atoms with Crippen LogP contribution in [0, 0.1) is 12.8 Å². The monoisotopic (exact) mass is 306 g/mol. The Balaban J connectivity index is 1.86. The first-order valence-corrected chi connectivity index (χ1v) is 7.87. The molecule has 5 nitrogen and oxygen atoms in total. The zero-order valence-electron chi connectivity index (χ0n) is 14.0. The molecule has 0 spiro atoms. The Hall–Kier alpha value is -1.78. The van der Waals surface area contributed by atoms with Gasteiger partial charge in [-0.2, -0.15) is 0 Å². The van der Waals surface area contributed by atoms with Crippen LogP contribution in [0.5, 0.6) is 5.88 Å². The maximum atomic E-state index is 12.1. The fraction of sp³-hybridized carbons (Fsp3) is 0.647. The number of carbonyl (C=O) groups is 1. The van der Waals surface area contributed by atoms with Crippen LogP contribution in [0.25, 0.3) is 0 Å². The fourth-order valence-corrected chi connectivity index (χ4v) is 2.51. The Bertz CT molecular complexity index is 511. The van der Waals surface area contributed by atoms with Gasteiger partial charge in [-0.15, -0.1) is 0 Å². The molecule has 0 aromatic carbocycles. The molecule has 1 atom stereocenters. The molecule has 1 aromatic rings. The molecule has 1 amide bonds. The molecule has 1 aromatic heterocycles. The SMILES string of the molecule is Cc1cccnc1OC[C@H]1CCCN(C(=O)OC(C)(C)C)C1. The Morgan fingerprint density at radius 1 is 1.45 bits per heavy atom. The number of piperidine rings is 1. The number of aromatic nitrogens is 1. The third kappa shape index (κ3) is 4.90. The van der Waals surface area contributed by atoms with Crippen molar-refractivity contribution in [2.45, 2.75) is 46.1 Å². The van der Waals surface area contributed by atoms with E-state index in [4.69, 9.17) is 9.47 Å². The van der Waals surface area contributed by atoms with Crippen molar-refractivity contribution in [2.75, 3.05) is 19.7 Å². The van der Waals surface area contributed by atoms with E-state index >= 15 is 0 Å². The van der Waals surface area contributed by atoms with Crippen LogP contribution in [0.15, 0.2) is 18.3 Å². The van der Waals surface area contributed by atoms with Crippen molar-refractivity contribution in [1.29, 1.82) is 0 Å². The molecule has 0 saturated carbocycles. The van der Waals surface area contributed by atoms with Gasteiger partial charge in [-0.1, -0.05) is 6.07 Å². The van der Waals surface area contributed by atoms with Gasteiger partial charge >= 0.3 is 6.09 Å². The summed E-state index contributed by atoms with van der Waals surface area (Å²) >= 11 is 0. The summed E-state index contributed by atoms with van der Waals surface area (Å²) in [7, 11) is 0. The van der Waals surface area contributed by atoms with Gasteiger partial charge in [0.1, 0.15) is 5.60 Å². The number of likely N-dealkylation sites (tertiary alicyclic amines) is 1. The summed E-state index contributed by atoms with van der Waals surface area (Å²) in [4.78, 5) is 18.2. The van der Waals surface area contributed by atoms with E-state index in [-0.39, 0.29) is 6.09 Å². The highest BCUT2D eigenvalue weighted by Gasteiger charge is 2.28. The third-order valence-electron chi connectivity index (χ3n) is 3.59. The number of nitrogens with zero attached hydrogens (tertiary/aromatic N) is 2. The summed E-state index contributed by atoms with van der Waals surface area (Å²) in [5.74, 6) is 1.000. The van der Waals surface area contributed by atoms with Gasteiger partial charge in [0, 0.05) is 30.8 Å². The largest absolute Gasteiger partial charge is 0.477 e. The average Bonchev–Trinajstić information content (AvgIpc) is 2.45. The molecule has 1 aliphatic rings. The van der Waals surface area contributed by atoms with Crippen molar-refractivity contribution in [3.63, 3.8) is 0 Å². The lowest BCUT2D eigenvalue weighted by Crippen LogP contribution is -2.44. The second-order valence-electron chi connectivity index (χ2n) is 6.87. The Labute approximate surface area is 132 Å². The van der Waals surface area contributed by atoms with Gasteiger partial charge in [0.2, 0.25) is 5.88 Å². The molecule has 5 heteroatoms. The van der Waals surface area contributed by atoms with Crippen LogP contribution in [0.2, 0.25) is 0 Å². The van der Waals surface area contributed by atoms with E-state index in [9.17, 15) is 4.79 Å². The molecule has 0 N–H and O–H groups in total. The number of carbonyl (C=O) groups excluding carboxylic acids is 1. The lowest BCUT2D eigenvalue weighted by Gasteiger charge is -2.34. The highest BCUT2D eigenvalue weighted by atomic mass is 16.6. The first-order valence-electron chi connectivity index (χ1n) is 7.87. The van der Waals surface area contributed by atoms with Gasteiger partial charge in [0.15, 0.2) is 0 Å². The number of hydrogen-bond acceptors (Lipinski definition) is 4. The predicted molar refractivity (Wildman–Crippen MR) is 85.0 cm³/mol. The zero-order valence-corrected chi connectivity index (χ0v) is 14.0. The molecule has 0 aliphatic carbocycles. The highest BCUT2D eigenvalue weighted by Crippen LogP contribution is 2.21. The first kappa shape index (κ1) is 16.6. The lowest BCUT2D eigenvalue weighted by atomic mass is 9.99. The van der Waals surface area contributed by atoms with Crippen LogP contribution in [-0.4, -0.2) is 41.3 Å². The van der Waals surface area contributed by atoms with Crippen molar-refractivity contribution in [3.05, 3.63) is 23.9 Å². The minimum atomic E-state index is -0.453. The minimum absolute atomic E-state index is 0.230. The summed E-state index contributed by atoms with van der Waals surface area (Å²) in [6, 6.07) is 3.88. The van der Waals surface area contributed by atoms with Crippen LogP contribution in [0.4, 0.5) is 4.79 Å². The standard InChI is InChI=1S/C17H26N2O3/c1-13-7-5-9-18-15(13)21-12-14-8-6-10-19(11-14)16(20)22-17(2,3)4/h5,7,9,14H,6,8,10-12H2,1-4H3/t14-/m0/s1. The van der Waals surface area contributed by atoms with E-state index in [2.05, 4.69) is 4.98 Å². The topological polar surface area (TPSA) is 51.7 Å². The first-order chi connectivity index (χ1) is 10.3. The third-order valence-corrected chi connectivity index (χ3v) is 3.59. The minimum Gasteiger partial charge on any atom is -0.477 e. The van der Waals surface area contributed by atoms with E-state index < -0.39 is 5.60 Å². The quantitative estimate of drug-likeness (QED) is 0.858. The molecule has 22 heavy (non-hydrogen) atoms. The number of amides is 1. The highest BCUT2D eigenvalue weighted by molar-refractivity contribution is 5.68. The van der Waals surface area contributed by atoms with Crippen molar-refractivity contribution in [1.82, 2.24) is 9.88 Å². The number of rotatable bonds is 3. The molecular formula is C17H26N2O3. The number of aryl methyl sites for hydroxylation is 1. The summed E-state index contributed by atoms with van der Waals surface area (Å²) in [6.45, 7) is 9.67. The Morgan fingerprint density at radius 3 is 2.91 bits per heavy atom. The molecule has 122 valence electrons. The van der Waals surface area contributed by atoms with Gasteiger partial charge in [0.25, 0.3) is 0 Å². The Kier molecular flexibility index (Phi) is 5.27. The normalized spacial score (nSPS) is 18.9. The van der Waals surface area contributed by atoms with Crippen LogP contribution in [-0.2, 0) is 4.74 Å². The smallest absolute Gasteiger partial charge is 0.410 e. The molecule has 0 unspecified atom stereocenters. The van der Waals surface area contributed by atoms with E-state index in [0.29, 0.717) is 24.9 Å². The number of ether oxygens (including phenoxy) is 2. The van der Waals surface area contributed by atoms with E-state index in [1.807, 2.05) is 39.8 Å². The second-order valence-corrected chi connectivity index (χ2v) is 6.87. The summed E-state index contributed by atoms with van der Waals surface area (Å²) < 4.78 is 11.3.